The highest BCUT2D eigenvalue weighted by atomic mass is 32.1. The molecule has 3 nitrogen and oxygen atoms in total. The normalized spacial score (nSPS) is 22.3. The van der Waals surface area contributed by atoms with Gasteiger partial charge >= 0.3 is 0 Å². The van der Waals surface area contributed by atoms with Crippen LogP contribution in [-0.2, 0) is 0 Å². The predicted octanol–water partition coefficient (Wildman–Crippen LogP) is 2.84. The fourth-order valence-electron chi connectivity index (χ4n) is 2.84. The van der Waals surface area contributed by atoms with Gasteiger partial charge in [-0.3, -0.25) is 4.79 Å². The van der Waals surface area contributed by atoms with Crippen molar-refractivity contribution in [2.75, 3.05) is 13.1 Å². The monoisotopic (exact) mass is 304 g/mol. The first kappa shape index (κ1) is 14.2. The summed E-state index contributed by atoms with van der Waals surface area (Å²) in [7, 11) is 0. The maximum atomic E-state index is 13.8. The smallest absolute Gasteiger partial charge is 0.256 e. The van der Waals surface area contributed by atoms with Crippen LogP contribution in [0.2, 0.25) is 0 Å². The number of piperidine rings is 1. The van der Waals surface area contributed by atoms with Gasteiger partial charge in [-0.25, -0.2) is 4.39 Å². The van der Waals surface area contributed by atoms with Crippen LogP contribution in [0.4, 0.5) is 4.39 Å². The van der Waals surface area contributed by atoms with E-state index in [9.17, 15) is 9.18 Å². The topological polar surface area (TPSA) is 46.3 Å². The van der Waals surface area contributed by atoms with Gasteiger partial charge in [-0.05, 0) is 30.0 Å². The minimum Gasteiger partial charge on any atom is -0.336 e. The summed E-state index contributed by atoms with van der Waals surface area (Å²) in [5.41, 5.74) is 6.21. The summed E-state index contributed by atoms with van der Waals surface area (Å²) in [5, 5.41) is 2.03. The Bertz CT molecular complexity index is 629. The van der Waals surface area contributed by atoms with E-state index < -0.39 is 5.82 Å². The molecule has 2 unspecified atom stereocenters. The highest BCUT2D eigenvalue weighted by Gasteiger charge is 2.30. The van der Waals surface area contributed by atoms with Crippen LogP contribution in [0.3, 0.4) is 0 Å². The van der Waals surface area contributed by atoms with Crippen LogP contribution < -0.4 is 5.73 Å². The van der Waals surface area contributed by atoms with Crippen molar-refractivity contribution in [2.24, 2.45) is 5.73 Å². The number of carbonyl (C=O) groups is 1. The molecule has 21 heavy (non-hydrogen) atoms. The summed E-state index contributed by atoms with van der Waals surface area (Å²) in [6, 6.07) is 10.1. The zero-order chi connectivity index (χ0) is 14.8. The molecule has 1 aliphatic rings. The van der Waals surface area contributed by atoms with Gasteiger partial charge in [0, 0.05) is 29.9 Å². The molecule has 1 fully saturated rings. The van der Waals surface area contributed by atoms with Crippen molar-refractivity contribution in [1.29, 1.82) is 0 Å². The van der Waals surface area contributed by atoms with Crippen molar-refractivity contribution >= 4 is 17.2 Å². The number of nitrogens with zero attached hydrogens (tertiary/aromatic N) is 1. The Hall–Kier alpha value is -1.72. The van der Waals surface area contributed by atoms with E-state index >= 15 is 0 Å². The van der Waals surface area contributed by atoms with E-state index in [0.29, 0.717) is 13.1 Å². The number of likely N-dealkylation sites (tertiary alicyclic amines) is 1. The van der Waals surface area contributed by atoms with E-state index in [-0.39, 0.29) is 23.4 Å². The van der Waals surface area contributed by atoms with Crippen molar-refractivity contribution in [3.05, 3.63) is 58.0 Å². The summed E-state index contributed by atoms with van der Waals surface area (Å²) in [4.78, 5) is 15.4. The zero-order valence-corrected chi connectivity index (χ0v) is 12.4. The Morgan fingerprint density at radius 2 is 2.05 bits per heavy atom. The van der Waals surface area contributed by atoms with Crippen LogP contribution in [0.5, 0.6) is 0 Å². The van der Waals surface area contributed by atoms with Crippen molar-refractivity contribution < 1.29 is 9.18 Å². The molecule has 3 rings (SSSR count). The SMILES string of the molecule is NC1CC(c2cccs2)CN(C(=O)c2ccccc2F)C1. The Morgan fingerprint density at radius 1 is 1.24 bits per heavy atom. The molecule has 1 aliphatic heterocycles. The molecular weight excluding hydrogens is 287 g/mol. The fourth-order valence-corrected chi connectivity index (χ4v) is 3.67. The molecule has 1 saturated heterocycles. The Balaban J connectivity index is 1.81. The lowest BCUT2D eigenvalue weighted by Crippen LogP contribution is -2.48. The van der Waals surface area contributed by atoms with E-state index in [1.54, 1.807) is 28.4 Å². The number of rotatable bonds is 2. The van der Waals surface area contributed by atoms with Gasteiger partial charge in [-0.2, -0.15) is 0 Å². The molecule has 5 heteroatoms. The molecule has 2 N–H and O–H groups in total. The lowest BCUT2D eigenvalue weighted by atomic mass is 9.93. The molecule has 1 aromatic carbocycles. The van der Waals surface area contributed by atoms with Gasteiger partial charge in [0.05, 0.1) is 5.56 Å². The Kier molecular flexibility index (Phi) is 4.03. The first-order chi connectivity index (χ1) is 10.1. The third kappa shape index (κ3) is 2.99. The van der Waals surface area contributed by atoms with Gasteiger partial charge in [-0.1, -0.05) is 18.2 Å². The Labute approximate surface area is 127 Å². The second kappa shape index (κ2) is 5.95. The Morgan fingerprint density at radius 3 is 2.76 bits per heavy atom. The molecule has 0 bridgehead atoms. The fraction of sp³-hybridized carbons (Fsp3) is 0.312. The van der Waals surface area contributed by atoms with Crippen molar-refractivity contribution in [3.8, 4) is 0 Å². The first-order valence-corrected chi connectivity index (χ1v) is 7.86. The molecule has 1 aromatic heterocycles. The maximum Gasteiger partial charge on any atom is 0.256 e. The maximum absolute atomic E-state index is 13.8. The van der Waals surface area contributed by atoms with E-state index in [2.05, 4.69) is 6.07 Å². The van der Waals surface area contributed by atoms with Crippen LogP contribution in [0.15, 0.2) is 41.8 Å². The number of amides is 1. The van der Waals surface area contributed by atoms with Crippen molar-refractivity contribution in [3.63, 3.8) is 0 Å². The molecule has 0 saturated carbocycles. The van der Waals surface area contributed by atoms with Gasteiger partial charge in [0.25, 0.3) is 5.91 Å². The summed E-state index contributed by atoms with van der Waals surface area (Å²) in [6.45, 7) is 1.08. The number of halogens is 1. The molecule has 0 spiro atoms. The van der Waals surface area contributed by atoms with Gasteiger partial charge in [0.15, 0.2) is 0 Å². The second-order valence-electron chi connectivity index (χ2n) is 5.40. The average molecular weight is 304 g/mol. The second-order valence-corrected chi connectivity index (χ2v) is 6.38. The molecule has 2 aromatic rings. The largest absolute Gasteiger partial charge is 0.336 e. The third-order valence-corrected chi connectivity index (χ3v) is 4.85. The molecular formula is C16H17FN2OS. The predicted molar refractivity (Wildman–Crippen MR) is 82.0 cm³/mol. The van der Waals surface area contributed by atoms with Crippen LogP contribution in [0.1, 0.15) is 27.6 Å². The molecule has 110 valence electrons. The van der Waals surface area contributed by atoms with Gasteiger partial charge in [0.2, 0.25) is 0 Å². The quantitative estimate of drug-likeness (QED) is 0.927. The lowest BCUT2D eigenvalue weighted by molar-refractivity contribution is 0.0685. The van der Waals surface area contributed by atoms with Gasteiger partial charge in [0.1, 0.15) is 5.82 Å². The minimum atomic E-state index is -0.477. The van der Waals surface area contributed by atoms with Crippen molar-refractivity contribution in [1.82, 2.24) is 4.90 Å². The van der Waals surface area contributed by atoms with E-state index in [1.807, 2.05) is 11.4 Å². The number of benzene rings is 1. The van der Waals surface area contributed by atoms with Crippen LogP contribution in [0.25, 0.3) is 0 Å². The van der Waals surface area contributed by atoms with Crippen LogP contribution in [-0.4, -0.2) is 29.9 Å². The number of nitrogens with two attached hydrogens (primary N) is 1. The lowest BCUT2D eigenvalue weighted by Gasteiger charge is -2.36. The van der Waals surface area contributed by atoms with Crippen LogP contribution >= 0.6 is 11.3 Å². The summed E-state index contributed by atoms with van der Waals surface area (Å²) >= 11 is 1.68. The van der Waals surface area contributed by atoms with Gasteiger partial charge < -0.3 is 10.6 Å². The van der Waals surface area contributed by atoms with E-state index in [1.165, 1.54) is 17.0 Å². The molecule has 0 aliphatic carbocycles. The van der Waals surface area contributed by atoms with E-state index in [0.717, 1.165) is 6.42 Å². The highest BCUT2D eigenvalue weighted by molar-refractivity contribution is 7.10. The van der Waals surface area contributed by atoms with Gasteiger partial charge in [-0.15, -0.1) is 11.3 Å². The molecule has 1 amide bonds. The number of hydrogen-bond donors (Lipinski definition) is 1. The minimum absolute atomic E-state index is 0.0680. The summed E-state index contributed by atoms with van der Waals surface area (Å²) in [5.74, 6) is -0.511. The van der Waals surface area contributed by atoms with Crippen molar-refractivity contribution in [2.45, 2.75) is 18.4 Å². The summed E-state index contributed by atoms with van der Waals surface area (Å²) < 4.78 is 13.8. The number of carbonyl (C=O) groups excluding carboxylic acids is 1. The molecule has 2 atom stereocenters. The first-order valence-electron chi connectivity index (χ1n) is 6.98. The summed E-state index contributed by atoms with van der Waals surface area (Å²) in [6.07, 6.45) is 0.863. The zero-order valence-electron chi connectivity index (χ0n) is 11.5. The highest BCUT2D eigenvalue weighted by Crippen LogP contribution is 2.30. The number of thiophene rings is 1. The van der Waals surface area contributed by atoms with Crippen LogP contribution in [0, 0.1) is 5.82 Å². The standard InChI is InChI=1S/C16H17FN2OS/c17-14-5-2-1-4-13(14)16(20)19-9-11(8-12(18)10-19)15-6-3-7-21-15/h1-7,11-12H,8-10,18H2. The molecule has 0 radical (unpaired) electrons. The average Bonchev–Trinajstić information content (AvgIpc) is 3.01. The molecule has 2 heterocycles. The third-order valence-electron chi connectivity index (χ3n) is 3.82. The number of hydrogen-bond acceptors (Lipinski definition) is 3. The van der Waals surface area contributed by atoms with E-state index in [4.69, 9.17) is 5.73 Å².